The molecule has 0 heterocycles. The number of nitrogens with one attached hydrogen (secondary N) is 1. The van der Waals surface area contributed by atoms with Crippen LogP contribution in [0.1, 0.15) is 27.7 Å². The van der Waals surface area contributed by atoms with E-state index in [2.05, 4.69) is 5.32 Å². The van der Waals surface area contributed by atoms with E-state index in [0.29, 0.717) is 19.8 Å². The molecule has 0 saturated carbocycles. The van der Waals surface area contributed by atoms with Crippen LogP contribution in [0.4, 0.5) is 0 Å². The lowest BCUT2D eigenvalue weighted by Gasteiger charge is -2.23. The van der Waals surface area contributed by atoms with Gasteiger partial charge in [-0.15, -0.1) is 0 Å². The van der Waals surface area contributed by atoms with Gasteiger partial charge in [-0.3, -0.25) is 0 Å². The number of hydrogen-bond donors (Lipinski definition) is 2. The standard InChI is InChI=1S/C11H25NO3/c1-9(7-14-5)12-6-10(13)8-15-11(2,3)4/h9-10,12-13H,6-8H2,1-5H3. The molecule has 0 radical (unpaired) electrons. The van der Waals surface area contributed by atoms with Crippen molar-refractivity contribution in [2.45, 2.75) is 45.4 Å². The van der Waals surface area contributed by atoms with Gasteiger partial charge in [-0.25, -0.2) is 0 Å². The maximum atomic E-state index is 9.60. The fourth-order valence-electron chi connectivity index (χ4n) is 1.05. The predicted octanol–water partition coefficient (Wildman–Crippen LogP) is 0.787. The molecule has 0 rings (SSSR count). The van der Waals surface area contributed by atoms with E-state index in [4.69, 9.17) is 9.47 Å². The molecule has 0 saturated heterocycles. The molecular weight excluding hydrogens is 194 g/mol. The number of aliphatic hydroxyl groups is 1. The van der Waals surface area contributed by atoms with Gasteiger partial charge in [0.2, 0.25) is 0 Å². The Hall–Kier alpha value is -0.160. The van der Waals surface area contributed by atoms with Crippen LogP contribution in [0.5, 0.6) is 0 Å². The predicted molar refractivity (Wildman–Crippen MR) is 61.1 cm³/mol. The molecule has 0 aromatic heterocycles. The molecule has 0 spiro atoms. The normalized spacial score (nSPS) is 16.4. The minimum Gasteiger partial charge on any atom is -0.389 e. The van der Waals surface area contributed by atoms with Crippen LogP contribution in [0.3, 0.4) is 0 Å². The Labute approximate surface area is 93.0 Å². The topological polar surface area (TPSA) is 50.7 Å². The summed E-state index contributed by atoms with van der Waals surface area (Å²) in [4.78, 5) is 0. The van der Waals surface area contributed by atoms with Crippen molar-refractivity contribution in [2.75, 3.05) is 26.9 Å². The molecule has 2 unspecified atom stereocenters. The van der Waals surface area contributed by atoms with E-state index in [-0.39, 0.29) is 11.6 Å². The first kappa shape index (κ1) is 14.8. The van der Waals surface area contributed by atoms with Crippen LogP contribution in [0, 0.1) is 0 Å². The van der Waals surface area contributed by atoms with E-state index in [9.17, 15) is 5.11 Å². The van der Waals surface area contributed by atoms with Crippen LogP contribution in [0.2, 0.25) is 0 Å². The summed E-state index contributed by atoms with van der Waals surface area (Å²) in [5.41, 5.74) is -0.195. The fraction of sp³-hybridized carbons (Fsp3) is 1.00. The van der Waals surface area contributed by atoms with E-state index >= 15 is 0 Å². The highest BCUT2D eigenvalue weighted by Crippen LogP contribution is 2.06. The SMILES string of the molecule is COCC(C)NCC(O)COC(C)(C)C. The van der Waals surface area contributed by atoms with Crippen LogP contribution in [0.25, 0.3) is 0 Å². The number of rotatable bonds is 7. The summed E-state index contributed by atoms with van der Waals surface area (Å²) in [5, 5.41) is 12.8. The first-order valence-electron chi connectivity index (χ1n) is 5.39. The Kier molecular flexibility index (Phi) is 7.09. The van der Waals surface area contributed by atoms with Crippen LogP contribution in [-0.2, 0) is 9.47 Å². The van der Waals surface area contributed by atoms with Crippen molar-refractivity contribution in [1.82, 2.24) is 5.32 Å². The van der Waals surface area contributed by atoms with Gasteiger partial charge in [0.15, 0.2) is 0 Å². The summed E-state index contributed by atoms with van der Waals surface area (Å²) in [5.74, 6) is 0. The maximum absolute atomic E-state index is 9.60. The van der Waals surface area contributed by atoms with Gasteiger partial charge in [0.1, 0.15) is 0 Å². The van der Waals surface area contributed by atoms with Crippen molar-refractivity contribution >= 4 is 0 Å². The molecule has 92 valence electrons. The van der Waals surface area contributed by atoms with E-state index in [1.54, 1.807) is 7.11 Å². The van der Waals surface area contributed by atoms with Gasteiger partial charge in [0.25, 0.3) is 0 Å². The molecular formula is C11H25NO3. The number of methoxy groups -OCH3 is 1. The lowest BCUT2D eigenvalue weighted by Crippen LogP contribution is -2.39. The minimum atomic E-state index is -0.469. The van der Waals surface area contributed by atoms with Gasteiger partial charge in [0, 0.05) is 19.7 Å². The van der Waals surface area contributed by atoms with E-state index < -0.39 is 6.10 Å². The van der Waals surface area contributed by atoms with Crippen molar-refractivity contribution in [2.24, 2.45) is 0 Å². The monoisotopic (exact) mass is 219 g/mol. The Morgan fingerprint density at radius 3 is 2.33 bits per heavy atom. The van der Waals surface area contributed by atoms with Crippen molar-refractivity contribution < 1.29 is 14.6 Å². The van der Waals surface area contributed by atoms with Crippen molar-refractivity contribution in [1.29, 1.82) is 0 Å². The largest absolute Gasteiger partial charge is 0.389 e. The van der Waals surface area contributed by atoms with Gasteiger partial charge in [-0.05, 0) is 27.7 Å². The van der Waals surface area contributed by atoms with Gasteiger partial charge < -0.3 is 19.9 Å². The number of hydrogen-bond acceptors (Lipinski definition) is 4. The van der Waals surface area contributed by atoms with Gasteiger partial charge in [-0.2, -0.15) is 0 Å². The Morgan fingerprint density at radius 1 is 1.27 bits per heavy atom. The van der Waals surface area contributed by atoms with E-state index in [1.807, 2.05) is 27.7 Å². The Morgan fingerprint density at radius 2 is 1.87 bits per heavy atom. The second-order valence-corrected chi connectivity index (χ2v) is 4.84. The lowest BCUT2D eigenvalue weighted by atomic mass is 10.2. The van der Waals surface area contributed by atoms with E-state index in [0.717, 1.165) is 0 Å². The molecule has 2 N–H and O–H groups in total. The molecule has 0 aromatic rings. The molecule has 4 nitrogen and oxygen atoms in total. The highest BCUT2D eigenvalue weighted by Gasteiger charge is 2.13. The fourth-order valence-corrected chi connectivity index (χ4v) is 1.05. The second kappa shape index (κ2) is 7.17. The molecule has 4 heteroatoms. The molecule has 0 aliphatic carbocycles. The summed E-state index contributed by atoms with van der Waals surface area (Å²) in [7, 11) is 1.66. The maximum Gasteiger partial charge on any atom is 0.0898 e. The molecule has 0 amide bonds. The summed E-state index contributed by atoms with van der Waals surface area (Å²) < 4.78 is 10.4. The minimum absolute atomic E-state index is 0.195. The van der Waals surface area contributed by atoms with Gasteiger partial charge in [-0.1, -0.05) is 0 Å². The highest BCUT2D eigenvalue weighted by molar-refractivity contribution is 4.66. The van der Waals surface area contributed by atoms with Crippen LogP contribution >= 0.6 is 0 Å². The molecule has 15 heavy (non-hydrogen) atoms. The first-order chi connectivity index (χ1) is 6.85. The van der Waals surface area contributed by atoms with Crippen LogP contribution in [0.15, 0.2) is 0 Å². The summed E-state index contributed by atoms with van der Waals surface area (Å²) in [6, 6.07) is 0.249. The zero-order valence-corrected chi connectivity index (χ0v) is 10.5. The summed E-state index contributed by atoms with van der Waals surface area (Å²) in [6.45, 7) is 9.46. The lowest BCUT2D eigenvalue weighted by molar-refractivity contribution is -0.0486. The smallest absolute Gasteiger partial charge is 0.0898 e. The third-order valence-electron chi connectivity index (χ3n) is 1.83. The molecule has 0 aliphatic rings. The van der Waals surface area contributed by atoms with Gasteiger partial charge >= 0.3 is 0 Å². The highest BCUT2D eigenvalue weighted by atomic mass is 16.5. The zero-order chi connectivity index (χ0) is 11.9. The Bertz CT molecular complexity index is 156. The van der Waals surface area contributed by atoms with Crippen molar-refractivity contribution in [3.05, 3.63) is 0 Å². The molecule has 0 bridgehead atoms. The van der Waals surface area contributed by atoms with Crippen LogP contribution < -0.4 is 5.32 Å². The zero-order valence-electron chi connectivity index (χ0n) is 10.5. The van der Waals surface area contributed by atoms with E-state index in [1.165, 1.54) is 0 Å². The van der Waals surface area contributed by atoms with Crippen molar-refractivity contribution in [3.63, 3.8) is 0 Å². The third kappa shape index (κ3) is 10.1. The van der Waals surface area contributed by atoms with Crippen molar-refractivity contribution in [3.8, 4) is 0 Å². The average Bonchev–Trinajstić information content (AvgIpc) is 2.11. The second-order valence-electron chi connectivity index (χ2n) is 4.84. The van der Waals surface area contributed by atoms with Gasteiger partial charge in [0.05, 0.1) is 24.9 Å². The third-order valence-corrected chi connectivity index (χ3v) is 1.83. The quantitative estimate of drug-likeness (QED) is 0.664. The number of ether oxygens (including phenoxy) is 2. The molecule has 2 atom stereocenters. The Balaban J connectivity index is 3.53. The summed E-state index contributed by atoms with van der Waals surface area (Å²) in [6.07, 6.45) is -0.469. The molecule has 0 aliphatic heterocycles. The molecule has 0 aromatic carbocycles. The molecule has 0 fully saturated rings. The number of aliphatic hydroxyl groups excluding tert-OH is 1. The average molecular weight is 219 g/mol. The van der Waals surface area contributed by atoms with Crippen LogP contribution in [-0.4, -0.2) is 49.7 Å². The first-order valence-corrected chi connectivity index (χ1v) is 5.39. The summed E-state index contributed by atoms with van der Waals surface area (Å²) >= 11 is 0.